The van der Waals surface area contributed by atoms with E-state index in [9.17, 15) is 0 Å². The summed E-state index contributed by atoms with van der Waals surface area (Å²) in [4.78, 5) is 2.67. The van der Waals surface area contributed by atoms with Crippen molar-refractivity contribution in [2.24, 2.45) is 23.2 Å². The first kappa shape index (κ1) is 12.4. The molecule has 0 aromatic rings. The second-order valence-corrected chi connectivity index (χ2v) is 7.14. The first-order chi connectivity index (χ1) is 7.51. The Morgan fingerprint density at radius 1 is 1.06 bits per heavy atom. The molecular weight excluding hydrogens is 194 g/mol. The van der Waals surface area contributed by atoms with E-state index in [1.54, 1.807) is 0 Å². The van der Waals surface area contributed by atoms with Gasteiger partial charge < -0.3 is 4.90 Å². The lowest BCUT2D eigenvalue weighted by Crippen LogP contribution is -2.58. The molecule has 0 N–H and O–H groups in total. The first-order valence-electron chi connectivity index (χ1n) is 7.23. The number of nitrogens with zero attached hydrogens (tertiary/aromatic N) is 1. The summed E-state index contributed by atoms with van der Waals surface area (Å²) in [5.74, 6) is 2.76. The van der Waals surface area contributed by atoms with Crippen LogP contribution >= 0.6 is 0 Å². The Morgan fingerprint density at radius 2 is 1.62 bits per heavy atom. The van der Waals surface area contributed by atoms with Crippen LogP contribution in [-0.2, 0) is 0 Å². The van der Waals surface area contributed by atoms with E-state index < -0.39 is 0 Å². The van der Waals surface area contributed by atoms with E-state index in [0.29, 0.717) is 0 Å². The molecule has 1 aliphatic heterocycles. The Hall–Kier alpha value is -0.0400. The van der Waals surface area contributed by atoms with Gasteiger partial charge in [-0.2, -0.15) is 0 Å². The Morgan fingerprint density at radius 3 is 2.06 bits per heavy atom. The molecule has 1 saturated heterocycles. The number of likely N-dealkylation sites (tertiary alicyclic amines) is 1. The molecule has 0 bridgehead atoms. The summed E-state index contributed by atoms with van der Waals surface area (Å²) in [5.41, 5.74) is 0.750. The number of rotatable bonds is 3. The number of hydrogen-bond acceptors (Lipinski definition) is 1. The van der Waals surface area contributed by atoms with Crippen molar-refractivity contribution in [3.05, 3.63) is 0 Å². The van der Waals surface area contributed by atoms with Crippen LogP contribution in [0.25, 0.3) is 0 Å². The molecule has 2 aliphatic rings. The predicted octanol–water partition coefficient (Wildman–Crippen LogP) is 3.79. The molecule has 1 aliphatic carbocycles. The standard InChI is InChI=1S/C15H29N/c1-12(2)9-16-10-15(11-16)7-5-14(6-8-15)13(3)4/h12-14H,5-11H2,1-4H3. The molecule has 2 fully saturated rings. The minimum atomic E-state index is 0.750. The van der Waals surface area contributed by atoms with Crippen molar-refractivity contribution in [3.8, 4) is 0 Å². The highest BCUT2D eigenvalue weighted by Crippen LogP contribution is 2.47. The summed E-state index contributed by atoms with van der Waals surface area (Å²) in [7, 11) is 0. The van der Waals surface area contributed by atoms with Crippen molar-refractivity contribution in [3.63, 3.8) is 0 Å². The third-order valence-corrected chi connectivity index (χ3v) is 4.78. The quantitative estimate of drug-likeness (QED) is 0.703. The molecule has 1 nitrogen and oxygen atoms in total. The highest BCUT2D eigenvalue weighted by atomic mass is 15.2. The van der Waals surface area contributed by atoms with Crippen LogP contribution in [0.3, 0.4) is 0 Å². The van der Waals surface area contributed by atoms with Gasteiger partial charge in [0.2, 0.25) is 0 Å². The van der Waals surface area contributed by atoms with Gasteiger partial charge in [0.25, 0.3) is 0 Å². The topological polar surface area (TPSA) is 3.24 Å². The van der Waals surface area contributed by atoms with Crippen molar-refractivity contribution < 1.29 is 0 Å². The molecule has 1 heteroatoms. The van der Waals surface area contributed by atoms with Gasteiger partial charge in [-0.05, 0) is 48.9 Å². The summed E-state index contributed by atoms with van der Waals surface area (Å²) in [6, 6.07) is 0. The minimum Gasteiger partial charge on any atom is -0.302 e. The molecule has 16 heavy (non-hydrogen) atoms. The summed E-state index contributed by atoms with van der Waals surface area (Å²) in [6.45, 7) is 13.6. The number of hydrogen-bond donors (Lipinski definition) is 0. The van der Waals surface area contributed by atoms with Crippen LogP contribution in [0.5, 0.6) is 0 Å². The zero-order valence-electron chi connectivity index (χ0n) is 11.6. The first-order valence-corrected chi connectivity index (χ1v) is 7.23. The molecule has 0 radical (unpaired) electrons. The lowest BCUT2D eigenvalue weighted by Gasteiger charge is -2.54. The van der Waals surface area contributed by atoms with Gasteiger partial charge in [0.15, 0.2) is 0 Å². The van der Waals surface area contributed by atoms with E-state index >= 15 is 0 Å². The van der Waals surface area contributed by atoms with Gasteiger partial charge >= 0.3 is 0 Å². The SMILES string of the molecule is CC(C)CN1CC2(CCC(C(C)C)CC2)C1. The van der Waals surface area contributed by atoms with Crippen LogP contribution in [0.1, 0.15) is 53.4 Å². The van der Waals surface area contributed by atoms with Gasteiger partial charge in [-0.15, -0.1) is 0 Å². The Labute approximate surface area is 102 Å². The Kier molecular flexibility index (Phi) is 3.63. The second kappa shape index (κ2) is 4.68. The van der Waals surface area contributed by atoms with Crippen molar-refractivity contribution in [1.29, 1.82) is 0 Å². The van der Waals surface area contributed by atoms with Crippen LogP contribution in [0.2, 0.25) is 0 Å². The molecule has 0 aromatic carbocycles. The van der Waals surface area contributed by atoms with Crippen LogP contribution < -0.4 is 0 Å². The summed E-state index contributed by atoms with van der Waals surface area (Å²) < 4.78 is 0. The van der Waals surface area contributed by atoms with Crippen molar-refractivity contribution in [1.82, 2.24) is 4.90 Å². The fourth-order valence-corrected chi connectivity index (χ4v) is 3.78. The van der Waals surface area contributed by atoms with E-state index in [1.165, 1.54) is 45.3 Å². The van der Waals surface area contributed by atoms with E-state index in [0.717, 1.165) is 23.2 Å². The van der Waals surface area contributed by atoms with Gasteiger partial charge in [0, 0.05) is 19.6 Å². The lowest BCUT2D eigenvalue weighted by molar-refractivity contribution is -0.0473. The molecule has 1 heterocycles. The van der Waals surface area contributed by atoms with Crippen LogP contribution in [0.15, 0.2) is 0 Å². The third-order valence-electron chi connectivity index (χ3n) is 4.78. The molecule has 0 aromatic heterocycles. The van der Waals surface area contributed by atoms with Gasteiger partial charge in [-0.3, -0.25) is 0 Å². The largest absolute Gasteiger partial charge is 0.302 e. The monoisotopic (exact) mass is 223 g/mol. The van der Waals surface area contributed by atoms with Crippen molar-refractivity contribution >= 4 is 0 Å². The fourth-order valence-electron chi connectivity index (χ4n) is 3.78. The van der Waals surface area contributed by atoms with Crippen LogP contribution in [0, 0.1) is 23.2 Å². The highest BCUT2D eigenvalue weighted by Gasteiger charge is 2.44. The summed E-state index contributed by atoms with van der Waals surface area (Å²) in [6.07, 6.45) is 6.00. The maximum Gasteiger partial charge on any atom is 0.00506 e. The molecule has 0 amide bonds. The molecule has 0 unspecified atom stereocenters. The highest BCUT2D eigenvalue weighted by molar-refractivity contribution is 4.98. The predicted molar refractivity (Wildman–Crippen MR) is 70.5 cm³/mol. The summed E-state index contributed by atoms with van der Waals surface area (Å²) >= 11 is 0. The smallest absolute Gasteiger partial charge is 0.00506 e. The second-order valence-electron chi connectivity index (χ2n) is 7.14. The van der Waals surface area contributed by atoms with Gasteiger partial charge in [0.05, 0.1) is 0 Å². The molecule has 0 atom stereocenters. The summed E-state index contributed by atoms with van der Waals surface area (Å²) in [5, 5.41) is 0. The van der Waals surface area contributed by atoms with E-state index in [-0.39, 0.29) is 0 Å². The van der Waals surface area contributed by atoms with Gasteiger partial charge in [-0.1, -0.05) is 27.7 Å². The van der Waals surface area contributed by atoms with Gasteiger partial charge in [-0.25, -0.2) is 0 Å². The zero-order chi connectivity index (χ0) is 11.8. The average Bonchev–Trinajstić information content (AvgIpc) is 2.15. The Bertz CT molecular complexity index is 208. The van der Waals surface area contributed by atoms with E-state index in [2.05, 4.69) is 32.6 Å². The van der Waals surface area contributed by atoms with Crippen molar-refractivity contribution in [2.45, 2.75) is 53.4 Å². The van der Waals surface area contributed by atoms with E-state index in [1.807, 2.05) is 0 Å². The molecule has 1 spiro atoms. The lowest BCUT2D eigenvalue weighted by atomic mass is 9.64. The minimum absolute atomic E-state index is 0.750. The molecule has 94 valence electrons. The van der Waals surface area contributed by atoms with Crippen LogP contribution in [0.4, 0.5) is 0 Å². The van der Waals surface area contributed by atoms with Crippen molar-refractivity contribution in [2.75, 3.05) is 19.6 Å². The third kappa shape index (κ3) is 2.61. The maximum absolute atomic E-state index is 2.67. The maximum atomic E-state index is 2.67. The average molecular weight is 223 g/mol. The van der Waals surface area contributed by atoms with E-state index in [4.69, 9.17) is 0 Å². The van der Waals surface area contributed by atoms with Crippen LogP contribution in [-0.4, -0.2) is 24.5 Å². The molecule has 1 saturated carbocycles. The normalized spacial score (nSPS) is 26.6. The van der Waals surface area contributed by atoms with Gasteiger partial charge in [0.1, 0.15) is 0 Å². The zero-order valence-corrected chi connectivity index (χ0v) is 11.6. The molecular formula is C15H29N. The Balaban J connectivity index is 1.74. The fraction of sp³-hybridized carbons (Fsp3) is 1.00. The molecule has 2 rings (SSSR count).